The average molecular weight is 419 g/mol. The van der Waals surface area contributed by atoms with Gasteiger partial charge in [0.2, 0.25) is 0 Å². The highest BCUT2D eigenvalue weighted by atomic mass is 35.5. The van der Waals surface area contributed by atoms with E-state index in [4.69, 9.17) is 33.2 Å². The molecular formula is C22H28Cl2N4. The number of benzene rings is 1. The Kier molecular flexibility index (Phi) is 5.98. The first-order valence-electron chi connectivity index (χ1n) is 10.4. The van der Waals surface area contributed by atoms with Crippen LogP contribution in [0.4, 0.5) is 17.3 Å². The standard InChI is InChI=1S/C22H28Cl2N4/c1-3-4-5-6-7-11-27-14-16-10-12-28(19-9-8-17(23)13-18(19)24)22-20(16)21(27)25-15(2)26-22/h8-9,13,16H,3-7,10-12,14H2,1-2H3. The molecule has 0 bridgehead atoms. The van der Waals surface area contributed by atoms with Crippen LogP contribution in [0.3, 0.4) is 0 Å². The van der Waals surface area contributed by atoms with Crippen LogP contribution < -0.4 is 9.80 Å². The first-order valence-corrected chi connectivity index (χ1v) is 11.2. The third kappa shape index (κ3) is 3.81. The molecule has 150 valence electrons. The van der Waals surface area contributed by atoms with Crippen LogP contribution in [-0.4, -0.2) is 29.6 Å². The van der Waals surface area contributed by atoms with Crippen molar-refractivity contribution in [2.75, 3.05) is 29.4 Å². The van der Waals surface area contributed by atoms with Crippen LogP contribution in [0.2, 0.25) is 10.0 Å². The van der Waals surface area contributed by atoms with Gasteiger partial charge >= 0.3 is 0 Å². The van der Waals surface area contributed by atoms with Crippen LogP contribution in [0.15, 0.2) is 18.2 Å². The second-order valence-electron chi connectivity index (χ2n) is 7.92. The van der Waals surface area contributed by atoms with E-state index in [1.165, 1.54) is 37.7 Å². The van der Waals surface area contributed by atoms with Crippen LogP contribution >= 0.6 is 23.2 Å². The van der Waals surface area contributed by atoms with E-state index in [0.717, 1.165) is 49.2 Å². The summed E-state index contributed by atoms with van der Waals surface area (Å²) in [5.74, 6) is 3.50. The van der Waals surface area contributed by atoms with Crippen molar-refractivity contribution in [3.63, 3.8) is 0 Å². The normalized spacial score (nSPS) is 17.9. The molecule has 0 aliphatic carbocycles. The summed E-state index contributed by atoms with van der Waals surface area (Å²) < 4.78 is 0. The van der Waals surface area contributed by atoms with Crippen molar-refractivity contribution in [1.29, 1.82) is 0 Å². The molecule has 2 aliphatic rings. The predicted molar refractivity (Wildman–Crippen MR) is 119 cm³/mol. The predicted octanol–water partition coefficient (Wildman–Crippen LogP) is 6.51. The number of aryl methyl sites for hydroxylation is 1. The van der Waals surface area contributed by atoms with Gasteiger partial charge in [-0.1, -0.05) is 55.8 Å². The van der Waals surface area contributed by atoms with Crippen molar-refractivity contribution in [3.05, 3.63) is 39.6 Å². The minimum absolute atomic E-state index is 0.517. The number of rotatable bonds is 7. The van der Waals surface area contributed by atoms with Gasteiger partial charge in [0.1, 0.15) is 17.5 Å². The highest BCUT2D eigenvalue weighted by Gasteiger charge is 2.38. The van der Waals surface area contributed by atoms with Gasteiger partial charge in [-0.05, 0) is 38.0 Å². The van der Waals surface area contributed by atoms with Crippen molar-refractivity contribution < 1.29 is 0 Å². The molecular weight excluding hydrogens is 391 g/mol. The number of nitrogens with zero attached hydrogens (tertiary/aromatic N) is 4. The van der Waals surface area contributed by atoms with Crippen molar-refractivity contribution in [2.24, 2.45) is 0 Å². The van der Waals surface area contributed by atoms with Gasteiger partial charge in [0, 0.05) is 36.1 Å². The zero-order valence-electron chi connectivity index (χ0n) is 16.7. The SMILES string of the molecule is CCCCCCCN1CC2CCN(c3ccc(Cl)cc3Cl)c3nc(C)nc1c32. The highest BCUT2D eigenvalue weighted by Crippen LogP contribution is 2.48. The van der Waals surface area contributed by atoms with Gasteiger partial charge in [0.05, 0.1) is 10.7 Å². The fourth-order valence-electron chi connectivity index (χ4n) is 4.47. The highest BCUT2D eigenvalue weighted by molar-refractivity contribution is 6.36. The average Bonchev–Trinajstić information content (AvgIpc) is 3.01. The smallest absolute Gasteiger partial charge is 0.142 e. The Balaban J connectivity index is 1.62. The van der Waals surface area contributed by atoms with Crippen LogP contribution in [0.5, 0.6) is 0 Å². The van der Waals surface area contributed by atoms with Gasteiger partial charge in [-0.25, -0.2) is 9.97 Å². The molecule has 28 heavy (non-hydrogen) atoms. The van der Waals surface area contributed by atoms with Gasteiger partial charge in [-0.15, -0.1) is 0 Å². The largest absolute Gasteiger partial charge is 0.356 e. The molecule has 0 saturated heterocycles. The number of halogens is 2. The summed E-state index contributed by atoms with van der Waals surface area (Å²) in [5.41, 5.74) is 2.28. The molecule has 0 fully saturated rings. The van der Waals surface area contributed by atoms with Gasteiger partial charge < -0.3 is 9.80 Å². The van der Waals surface area contributed by atoms with E-state index in [0.29, 0.717) is 16.0 Å². The Morgan fingerprint density at radius 3 is 2.64 bits per heavy atom. The molecule has 1 aromatic carbocycles. The first kappa shape index (κ1) is 19.8. The summed E-state index contributed by atoms with van der Waals surface area (Å²) in [6.45, 7) is 7.32. The summed E-state index contributed by atoms with van der Waals surface area (Å²) in [6, 6.07) is 5.70. The lowest BCUT2D eigenvalue weighted by molar-refractivity contribution is 0.589. The second-order valence-corrected chi connectivity index (χ2v) is 8.77. The monoisotopic (exact) mass is 418 g/mol. The first-order chi connectivity index (χ1) is 13.6. The Bertz CT molecular complexity index is 855. The van der Waals surface area contributed by atoms with Crippen LogP contribution in [-0.2, 0) is 0 Å². The lowest BCUT2D eigenvalue weighted by Gasteiger charge is -2.32. The number of hydrogen-bond donors (Lipinski definition) is 0. The van der Waals surface area contributed by atoms with Crippen LogP contribution in [0, 0.1) is 6.92 Å². The summed E-state index contributed by atoms with van der Waals surface area (Å²) in [4.78, 5) is 14.4. The summed E-state index contributed by atoms with van der Waals surface area (Å²) in [6.07, 6.45) is 7.58. The third-order valence-corrected chi connectivity index (χ3v) is 6.39. The Morgan fingerprint density at radius 2 is 1.86 bits per heavy atom. The molecule has 0 radical (unpaired) electrons. The van der Waals surface area contributed by atoms with Gasteiger partial charge in [0.15, 0.2) is 0 Å². The quantitative estimate of drug-likeness (QED) is 0.479. The Morgan fingerprint density at radius 1 is 1.07 bits per heavy atom. The van der Waals surface area contributed by atoms with E-state index in [-0.39, 0.29) is 0 Å². The number of unbranched alkanes of at least 4 members (excludes halogenated alkanes) is 4. The number of aromatic nitrogens is 2. The van der Waals surface area contributed by atoms with E-state index in [9.17, 15) is 0 Å². The molecule has 1 aromatic heterocycles. The van der Waals surface area contributed by atoms with Crippen molar-refractivity contribution in [1.82, 2.24) is 9.97 Å². The zero-order valence-corrected chi connectivity index (χ0v) is 18.2. The lowest BCUT2D eigenvalue weighted by Crippen LogP contribution is -2.29. The maximum atomic E-state index is 6.52. The fourth-order valence-corrected chi connectivity index (χ4v) is 4.98. The van der Waals surface area contributed by atoms with E-state index >= 15 is 0 Å². The van der Waals surface area contributed by atoms with Crippen molar-refractivity contribution >= 4 is 40.5 Å². The topological polar surface area (TPSA) is 32.3 Å². The fraction of sp³-hybridized carbons (Fsp3) is 0.545. The molecule has 2 aliphatic heterocycles. The number of hydrogen-bond acceptors (Lipinski definition) is 4. The molecule has 0 saturated carbocycles. The maximum absolute atomic E-state index is 6.52. The molecule has 4 nitrogen and oxygen atoms in total. The number of anilines is 3. The molecule has 3 heterocycles. The van der Waals surface area contributed by atoms with Crippen molar-refractivity contribution in [2.45, 2.75) is 58.3 Å². The van der Waals surface area contributed by atoms with E-state index in [1.807, 2.05) is 19.1 Å². The second kappa shape index (κ2) is 8.46. The minimum atomic E-state index is 0.517. The molecule has 6 heteroatoms. The van der Waals surface area contributed by atoms with E-state index in [2.05, 4.69) is 16.7 Å². The van der Waals surface area contributed by atoms with Crippen LogP contribution in [0.25, 0.3) is 0 Å². The molecule has 1 atom stereocenters. The lowest BCUT2D eigenvalue weighted by atomic mass is 9.95. The van der Waals surface area contributed by atoms with E-state index < -0.39 is 0 Å². The molecule has 0 amide bonds. The molecule has 2 aromatic rings. The maximum Gasteiger partial charge on any atom is 0.142 e. The molecule has 0 spiro atoms. The zero-order chi connectivity index (χ0) is 19.7. The van der Waals surface area contributed by atoms with Crippen LogP contribution in [0.1, 0.15) is 62.8 Å². The summed E-state index contributed by atoms with van der Waals surface area (Å²) in [5, 5.41) is 1.32. The Hall–Kier alpha value is -1.52. The van der Waals surface area contributed by atoms with Gasteiger partial charge in [-0.3, -0.25) is 0 Å². The Labute approximate surface area is 177 Å². The van der Waals surface area contributed by atoms with E-state index in [1.54, 1.807) is 6.07 Å². The molecule has 0 N–H and O–H groups in total. The third-order valence-electron chi connectivity index (χ3n) is 5.85. The van der Waals surface area contributed by atoms with Gasteiger partial charge in [0.25, 0.3) is 0 Å². The van der Waals surface area contributed by atoms with Crippen molar-refractivity contribution in [3.8, 4) is 0 Å². The van der Waals surface area contributed by atoms with Gasteiger partial charge in [-0.2, -0.15) is 0 Å². The molecule has 4 rings (SSSR count). The molecule has 1 unspecified atom stereocenters. The summed E-state index contributed by atoms with van der Waals surface area (Å²) in [7, 11) is 0. The summed E-state index contributed by atoms with van der Waals surface area (Å²) >= 11 is 12.6. The minimum Gasteiger partial charge on any atom is -0.356 e.